The Morgan fingerprint density at radius 1 is 1.42 bits per heavy atom. The molecule has 0 spiro atoms. The van der Waals surface area contributed by atoms with E-state index in [4.69, 9.17) is 4.74 Å². The quantitative estimate of drug-likeness (QED) is 0.828. The molecule has 2 rings (SSSR count). The molecular weight excluding hydrogens is 240 g/mol. The highest BCUT2D eigenvalue weighted by atomic mass is 16.5. The van der Waals surface area contributed by atoms with Gasteiger partial charge in [-0.25, -0.2) is 9.78 Å². The highest BCUT2D eigenvalue weighted by Crippen LogP contribution is 2.26. The summed E-state index contributed by atoms with van der Waals surface area (Å²) in [7, 11) is 1.39. The van der Waals surface area contributed by atoms with Crippen LogP contribution in [0.5, 0.6) is 0 Å². The van der Waals surface area contributed by atoms with Gasteiger partial charge in [0, 0.05) is 12.7 Å². The molecule has 1 aliphatic carbocycles. The van der Waals surface area contributed by atoms with Crippen LogP contribution in [-0.4, -0.2) is 24.6 Å². The average Bonchev–Trinajstić information content (AvgIpc) is 2.48. The van der Waals surface area contributed by atoms with Crippen molar-refractivity contribution >= 4 is 11.8 Å². The van der Waals surface area contributed by atoms with Gasteiger partial charge in [0.15, 0.2) is 0 Å². The third-order valence-corrected chi connectivity index (χ3v) is 3.78. The summed E-state index contributed by atoms with van der Waals surface area (Å²) in [6.07, 6.45) is 9.63. The Bertz CT molecular complexity index is 414. The first-order valence-electron chi connectivity index (χ1n) is 7.08. The van der Waals surface area contributed by atoms with E-state index in [-0.39, 0.29) is 5.97 Å². The average molecular weight is 262 g/mol. The lowest BCUT2D eigenvalue weighted by Gasteiger charge is -2.21. The van der Waals surface area contributed by atoms with Crippen molar-refractivity contribution in [2.45, 2.75) is 38.5 Å². The highest BCUT2D eigenvalue weighted by Gasteiger charge is 2.15. The van der Waals surface area contributed by atoms with E-state index in [2.05, 4.69) is 10.3 Å². The van der Waals surface area contributed by atoms with E-state index in [1.807, 2.05) is 0 Å². The largest absolute Gasteiger partial charge is 0.465 e. The smallest absolute Gasteiger partial charge is 0.341 e. The molecular formula is C15H22N2O2. The molecule has 104 valence electrons. The van der Waals surface area contributed by atoms with Gasteiger partial charge in [-0.1, -0.05) is 32.1 Å². The van der Waals surface area contributed by atoms with Gasteiger partial charge in [0.25, 0.3) is 0 Å². The number of hydrogen-bond acceptors (Lipinski definition) is 4. The van der Waals surface area contributed by atoms with Gasteiger partial charge in [0.2, 0.25) is 0 Å². The molecule has 1 aliphatic rings. The second-order valence-corrected chi connectivity index (χ2v) is 5.11. The van der Waals surface area contributed by atoms with Crippen molar-refractivity contribution in [3.8, 4) is 0 Å². The number of nitrogens with zero attached hydrogens (tertiary/aromatic N) is 1. The Morgan fingerprint density at radius 3 is 2.95 bits per heavy atom. The Morgan fingerprint density at radius 2 is 2.21 bits per heavy atom. The van der Waals surface area contributed by atoms with E-state index >= 15 is 0 Å². The topological polar surface area (TPSA) is 51.2 Å². The number of methoxy groups -OCH3 is 1. The molecule has 1 heterocycles. The third kappa shape index (κ3) is 3.94. The molecule has 1 fully saturated rings. The lowest BCUT2D eigenvalue weighted by atomic mass is 9.87. The maximum absolute atomic E-state index is 11.6. The fourth-order valence-electron chi connectivity index (χ4n) is 2.69. The van der Waals surface area contributed by atoms with Gasteiger partial charge in [-0.2, -0.15) is 0 Å². The number of ether oxygens (including phenoxy) is 1. The van der Waals surface area contributed by atoms with Crippen molar-refractivity contribution in [3.05, 3.63) is 23.9 Å². The first-order valence-corrected chi connectivity index (χ1v) is 7.08. The van der Waals surface area contributed by atoms with Gasteiger partial charge < -0.3 is 10.1 Å². The van der Waals surface area contributed by atoms with Crippen LogP contribution in [0.3, 0.4) is 0 Å². The molecule has 1 aromatic heterocycles. The maximum atomic E-state index is 11.6. The fraction of sp³-hybridized carbons (Fsp3) is 0.600. The monoisotopic (exact) mass is 262 g/mol. The van der Waals surface area contributed by atoms with Crippen LogP contribution in [-0.2, 0) is 4.74 Å². The first-order chi connectivity index (χ1) is 9.31. The van der Waals surface area contributed by atoms with Gasteiger partial charge in [0.05, 0.1) is 7.11 Å². The molecule has 0 saturated heterocycles. The predicted molar refractivity (Wildman–Crippen MR) is 75.3 cm³/mol. The summed E-state index contributed by atoms with van der Waals surface area (Å²) in [6.45, 7) is 0.867. The second-order valence-electron chi connectivity index (χ2n) is 5.11. The molecule has 19 heavy (non-hydrogen) atoms. The summed E-state index contributed by atoms with van der Waals surface area (Å²) in [5, 5.41) is 3.26. The Kier molecular flexibility index (Phi) is 5.19. The van der Waals surface area contributed by atoms with E-state index in [0.29, 0.717) is 11.4 Å². The molecule has 0 atom stereocenters. The van der Waals surface area contributed by atoms with Crippen LogP contribution in [0.1, 0.15) is 48.9 Å². The third-order valence-electron chi connectivity index (χ3n) is 3.78. The molecule has 1 aromatic rings. The molecule has 1 saturated carbocycles. The normalized spacial score (nSPS) is 16.1. The summed E-state index contributed by atoms with van der Waals surface area (Å²) in [4.78, 5) is 15.8. The standard InChI is InChI=1S/C15H22N2O2/c1-19-15(18)13-8-5-10-16-14(13)17-11-9-12-6-3-2-4-7-12/h5,8,10,12H,2-4,6-7,9,11H2,1H3,(H,16,17). The minimum Gasteiger partial charge on any atom is -0.465 e. The molecule has 0 radical (unpaired) electrons. The van der Waals surface area contributed by atoms with E-state index in [1.165, 1.54) is 39.2 Å². The first kappa shape index (κ1) is 13.8. The number of anilines is 1. The van der Waals surface area contributed by atoms with Crippen LogP contribution in [0, 0.1) is 5.92 Å². The molecule has 0 unspecified atom stereocenters. The van der Waals surface area contributed by atoms with Crippen LogP contribution >= 0.6 is 0 Å². The van der Waals surface area contributed by atoms with Crippen LogP contribution in [0.25, 0.3) is 0 Å². The van der Waals surface area contributed by atoms with Crippen molar-refractivity contribution in [2.24, 2.45) is 5.92 Å². The second kappa shape index (κ2) is 7.12. The van der Waals surface area contributed by atoms with Crippen molar-refractivity contribution in [3.63, 3.8) is 0 Å². The van der Waals surface area contributed by atoms with Gasteiger partial charge in [-0.3, -0.25) is 0 Å². The zero-order valence-electron chi connectivity index (χ0n) is 11.5. The van der Waals surface area contributed by atoms with Gasteiger partial charge in [-0.05, 0) is 24.5 Å². The Balaban J connectivity index is 1.86. The van der Waals surface area contributed by atoms with E-state index in [1.54, 1.807) is 18.3 Å². The molecule has 0 aliphatic heterocycles. The van der Waals surface area contributed by atoms with E-state index in [0.717, 1.165) is 18.9 Å². The molecule has 0 aromatic carbocycles. The van der Waals surface area contributed by atoms with Crippen molar-refractivity contribution in [1.82, 2.24) is 4.98 Å². The lowest BCUT2D eigenvalue weighted by molar-refractivity contribution is 0.0601. The fourth-order valence-corrected chi connectivity index (χ4v) is 2.69. The summed E-state index contributed by atoms with van der Waals surface area (Å²) < 4.78 is 4.75. The van der Waals surface area contributed by atoms with Crippen LogP contribution in [0.4, 0.5) is 5.82 Å². The van der Waals surface area contributed by atoms with Crippen molar-refractivity contribution < 1.29 is 9.53 Å². The van der Waals surface area contributed by atoms with Gasteiger partial charge in [-0.15, -0.1) is 0 Å². The minimum atomic E-state index is -0.340. The van der Waals surface area contributed by atoms with Gasteiger partial charge in [0.1, 0.15) is 11.4 Å². The summed E-state index contributed by atoms with van der Waals surface area (Å²) >= 11 is 0. The number of rotatable bonds is 5. The Hall–Kier alpha value is -1.58. The molecule has 4 nitrogen and oxygen atoms in total. The maximum Gasteiger partial charge on any atom is 0.341 e. The van der Waals surface area contributed by atoms with Crippen LogP contribution in [0.15, 0.2) is 18.3 Å². The number of nitrogens with one attached hydrogen (secondary N) is 1. The Labute approximate surface area is 114 Å². The molecule has 0 bridgehead atoms. The number of pyridine rings is 1. The number of hydrogen-bond donors (Lipinski definition) is 1. The van der Waals surface area contributed by atoms with Crippen molar-refractivity contribution in [1.29, 1.82) is 0 Å². The predicted octanol–water partition coefficient (Wildman–Crippen LogP) is 3.25. The number of carbonyl (C=O) groups excluding carboxylic acids is 1. The van der Waals surface area contributed by atoms with E-state index in [9.17, 15) is 4.79 Å². The van der Waals surface area contributed by atoms with Crippen LogP contribution in [0.2, 0.25) is 0 Å². The highest BCUT2D eigenvalue weighted by molar-refractivity contribution is 5.94. The van der Waals surface area contributed by atoms with Gasteiger partial charge >= 0.3 is 5.97 Å². The number of carbonyl (C=O) groups is 1. The summed E-state index contributed by atoms with van der Waals surface area (Å²) in [5.41, 5.74) is 0.508. The molecule has 1 N–H and O–H groups in total. The summed E-state index contributed by atoms with van der Waals surface area (Å²) in [6, 6.07) is 3.49. The van der Waals surface area contributed by atoms with E-state index < -0.39 is 0 Å². The van der Waals surface area contributed by atoms with Crippen molar-refractivity contribution in [2.75, 3.05) is 19.0 Å². The lowest BCUT2D eigenvalue weighted by Crippen LogP contribution is -2.15. The SMILES string of the molecule is COC(=O)c1cccnc1NCCC1CCCCC1. The molecule has 4 heteroatoms. The zero-order chi connectivity index (χ0) is 13.5. The number of esters is 1. The number of aromatic nitrogens is 1. The summed E-state index contributed by atoms with van der Waals surface area (Å²) in [5.74, 6) is 1.12. The zero-order valence-corrected chi connectivity index (χ0v) is 11.5. The van der Waals surface area contributed by atoms with Crippen LogP contribution < -0.4 is 5.32 Å². The minimum absolute atomic E-state index is 0.340. The molecule has 0 amide bonds.